The Morgan fingerprint density at radius 2 is 1.85 bits per heavy atom. The third-order valence-electron chi connectivity index (χ3n) is 6.57. The number of hydrogen-bond acceptors (Lipinski definition) is 6. The van der Waals surface area contributed by atoms with Gasteiger partial charge in [0.05, 0.1) is 24.8 Å². The normalized spacial score (nSPS) is 16.7. The van der Waals surface area contributed by atoms with E-state index >= 15 is 0 Å². The zero-order chi connectivity index (χ0) is 23.4. The number of ketones is 1. The molecule has 2 aromatic rings. The van der Waals surface area contributed by atoms with Crippen molar-refractivity contribution in [1.82, 2.24) is 10.2 Å². The molecule has 0 atom stereocenters. The number of methoxy groups -OCH3 is 1. The number of para-hydroxylation sites is 1. The van der Waals surface area contributed by atoms with Gasteiger partial charge in [0, 0.05) is 17.8 Å². The minimum atomic E-state index is -0.124. The van der Waals surface area contributed by atoms with E-state index < -0.39 is 0 Å². The zero-order valence-corrected chi connectivity index (χ0v) is 20.1. The maximum atomic E-state index is 13.6. The Balaban J connectivity index is 1.51. The SMILES string of the molecule is CNC(=O)C1CCN(CC(=O)Nc2sc3c(c2C(=O)c2ccccc2OC)CCCC3)CC1. The molecule has 4 rings (SSSR count). The van der Waals surface area contributed by atoms with Crippen LogP contribution in [-0.2, 0) is 22.4 Å². The summed E-state index contributed by atoms with van der Waals surface area (Å²) in [6.07, 6.45) is 5.43. The first-order valence-electron chi connectivity index (χ1n) is 11.6. The third-order valence-corrected chi connectivity index (χ3v) is 7.78. The molecule has 0 radical (unpaired) electrons. The Morgan fingerprint density at radius 1 is 1.12 bits per heavy atom. The van der Waals surface area contributed by atoms with Gasteiger partial charge in [0.2, 0.25) is 11.8 Å². The molecule has 0 saturated carbocycles. The van der Waals surface area contributed by atoms with Gasteiger partial charge >= 0.3 is 0 Å². The number of rotatable bonds is 7. The second kappa shape index (κ2) is 10.5. The number of hydrogen-bond donors (Lipinski definition) is 2. The summed E-state index contributed by atoms with van der Waals surface area (Å²) in [4.78, 5) is 41.7. The first-order chi connectivity index (χ1) is 16.0. The summed E-state index contributed by atoms with van der Waals surface area (Å²) in [6.45, 7) is 1.67. The lowest BCUT2D eigenvalue weighted by Gasteiger charge is -2.30. The van der Waals surface area contributed by atoms with Gasteiger partial charge in [0.15, 0.2) is 5.78 Å². The molecular weight excluding hydrogens is 438 g/mol. The van der Waals surface area contributed by atoms with Crippen molar-refractivity contribution in [2.24, 2.45) is 5.92 Å². The van der Waals surface area contributed by atoms with Gasteiger partial charge < -0.3 is 15.4 Å². The van der Waals surface area contributed by atoms with Crippen LogP contribution in [0.1, 0.15) is 52.0 Å². The summed E-state index contributed by atoms with van der Waals surface area (Å²) in [6, 6.07) is 7.23. The highest BCUT2D eigenvalue weighted by Crippen LogP contribution is 2.40. The van der Waals surface area contributed by atoms with Crippen LogP contribution in [0.15, 0.2) is 24.3 Å². The van der Waals surface area contributed by atoms with Gasteiger partial charge in [-0.15, -0.1) is 11.3 Å². The summed E-state index contributed by atoms with van der Waals surface area (Å²) in [7, 11) is 3.22. The second-order valence-corrected chi connectivity index (χ2v) is 9.76. The van der Waals surface area contributed by atoms with Crippen LogP contribution in [0.3, 0.4) is 0 Å². The Labute approximate surface area is 198 Å². The fraction of sp³-hybridized carbons (Fsp3) is 0.480. The van der Waals surface area contributed by atoms with Gasteiger partial charge in [-0.25, -0.2) is 0 Å². The molecule has 1 aliphatic carbocycles. The molecule has 176 valence electrons. The number of carbonyl (C=O) groups is 3. The molecule has 2 aliphatic rings. The van der Waals surface area contributed by atoms with E-state index in [1.54, 1.807) is 26.3 Å². The Bertz CT molecular complexity index is 1040. The second-order valence-electron chi connectivity index (χ2n) is 8.66. The fourth-order valence-electron chi connectivity index (χ4n) is 4.79. The molecule has 2 N–H and O–H groups in total. The molecule has 8 heteroatoms. The highest BCUT2D eigenvalue weighted by molar-refractivity contribution is 7.17. The van der Waals surface area contributed by atoms with E-state index in [0.717, 1.165) is 44.1 Å². The average molecular weight is 470 g/mol. The largest absolute Gasteiger partial charge is 0.496 e. The van der Waals surface area contributed by atoms with Crippen molar-refractivity contribution in [1.29, 1.82) is 0 Å². The van der Waals surface area contributed by atoms with Crippen molar-refractivity contribution < 1.29 is 19.1 Å². The number of carbonyl (C=O) groups excluding carboxylic acids is 3. The molecule has 1 saturated heterocycles. The van der Waals surface area contributed by atoms with E-state index in [1.165, 1.54) is 16.2 Å². The standard InChI is InChI=1S/C25H31N3O4S/c1-26-24(31)16-11-13-28(14-12-16)15-21(29)27-25-22(18-8-4-6-10-20(18)33-25)23(30)17-7-3-5-9-19(17)32-2/h3,5,7,9,16H,4,6,8,10-15H2,1-2H3,(H,26,31)(H,27,29). The van der Waals surface area contributed by atoms with Gasteiger partial charge in [-0.05, 0) is 69.3 Å². The number of nitrogens with one attached hydrogen (secondary N) is 2. The number of likely N-dealkylation sites (tertiary alicyclic amines) is 1. The predicted octanol–water partition coefficient (Wildman–Crippen LogP) is 3.26. The van der Waals surface area contributed by atoms with Crippen LogP contribution in [0.25, 0.3) is 0 Å². The quantitative estimate of drug-likeness (QED) is 0.608. The molecule has 1 aliphatic heterocycles. The average Bonchev–Trinajstić information content (AvgIpc) is 3.21. The summed E-state index contributed by atoms with van der Waals surface area (Å²) in [5.41, 5.74) is 2.20. The number of thiophene rings is 1. The summed E-state index contributed by atoms with van der Waals surface area (Å²) in [5.74, 6) is 0.398. The molecule has 0 unspecified atom stereocenters. The van der Waals surface area contributed by atoms with Crippen LogP contribution in [0, 0.1) is 5.92 Å². The maximum absolute atomic E-state index is 13.6. The molecule has 1 aromatic heterocycles. The minimum absolute atomic E-state index is 0.0170. The van der Waals surface area contributed by atoms with E-state index in [2.05, 4.69) is 15.5 Å². The van der Waals surface area contributed by atoms with E-state index in [4.69, 9.17) is 4.74 Å². The molecule has 0 spiro atoms. The molecule has 0 bridgehead atoms. The number of aryl methyl sites for hydroxylation is 1. The number of anilines is 1. The lowest BCUT2D eigenvalue weighted by molar-refractivity contribution is -0.126. The lowest BCUT2D eigenvalue weighted by Crippen LogP contribution is -2.42. The monoisotopic (exact) mass is 469 g/mol. The predicted molar refractivity (Wildman–Crippen MR) is 129 cm³/mol. The number of benzene rings is 1. The van der Waals surface area contributed by atoms with Crippen LogP contribution in [0.2, 0.25) is 0 Å². The van der Waals surface area contributed by atoms with Crippen molar-refractivity contribution in [3.63, 3.8) is 0 Å². The van der Waals surface area contributed by atoms with Crippen molar-refractivity contribution in [2.45, 2.75) is 38.5 Å². The Kier molecular flexibility index (Phi) is 7.45. The van der Waals surface area contributed by atoms with Crippen molar-refractivity contribution in [2.75, 3.05) is 39.1 Å². The molecule has 7 nitrogen and oxygen atoms in total. The molecular formula is C25H31N3O4S. The smallest absolute Gasteiger partial charge is 0.239 e. The van der Waals surface area contributed by atoms with Crippen LogP contribution >= 0.6 is 11.3 Å². The van der Waals surface area contributed by atoms with Crippen LogP contribution < -0.4 is 15.4 Å². The summed E-state index contributed by atoms with van der Waals surface area (Å²) >= 11 is 1.53. The first kappa shape index (κ1) is 23.4. The van der Waals surface area contributed by atoms with Crippen LogP contribution in [0.4, 0.5) is 5.00 Å². The van der Waals surface area contributed by atoms with Crippen molar-refractivity contribution in [3.8, 4) is 5.75 Å². The molecule has 33 heavy (non-hydrogen) atoms. The highest BCUT2D eigenvalue weighted by Gasteiger charge is 2.29. The number of ether oxygens (including phenoxy) is 1. The summed E-state index contributed by atoms with van der Waals surface area (Å²) in [5, 5.41) is 6.40. The van der Waals surface area contributed by atoms with E-state index in [0.29, 0.717) is 35.0 Å². The van der Waals surface area contributed by atoms with Crippen molar-refractivity contribution >= 4 is 33.9 Å². The van der Waals surface area contributed by atoms with Crippen LogP contribution in [-0.4, -0.2) is 56.3 Å². The number of piperidine rings is 1. The van der Waals surface area contributed by atoms with Gasteiger partial charge in [-0.3, -0.25) is 19.3 Å². The van der Waals surface area contributed by atoms with Gasteiger partial charge in [-0.1, -0.05) is 12.1 Å². The Hall–Kier alpha value is -2.71. The molecule has 2 heterocycles. The molecule has 2 amide bonds. The lowest BCUT2D eigenvalue weighted by atomic mass is 9.91. The first-order valence-corrected chi connectivity index (χ1v) is 12.4. The highest BCUT2D eigenvalue weighted by atomic mass is 32.1. The summed E-state index contributed by atoms with van der Waals surface area (Å²) < 4.78 is 5.42. The van der Waals surface area contributed by atoms with Gasteiger partial charge in [-0.2, -0.15) is 0 Å². The van der Waals surface area contributed by atoms with Crippen molar-refractivity contribution in [3.05, 3.63) is 45.8 Å². The minimum Gasteiger partial charge on any atom is -0.496 e. The van der Waals surface area contributed by atoms with E-state index in [-0.39, 0.29) is 30.1 Å². The van der Waals surface area contributed by atoms with Crippen LogP contribution in [0.5, 0.6) is 5.75 Å². The zero-order valence-electron chi connectivity index (χ0n) is 19.2. The number of amides is 2. The fourth-order valence-corrected chi connectivity index (χ4v) is 6.09. The number of nitrogens with zero attached hydrogens (tertiary/aromatic N) is 1. The molecule has 1 aromatic carbocycles. The molecule has 1 fully saturated rings. The number of fused-ring (bicyclic) bond motifs is 1. The van der Waals surface area contributed by atoms with E-state index in [9.17, 15) is 14.4 Å². The van der Waals surface area contributed by atoms with Gasteiger partial charge in [0.25, 0.3) is 0 Å². The maximum Gasteiger partial charge on any atom is 0.239 e. The third kappa shape index (κ3) is 5.12. The Morgan fingerprint density at radius 3 is 2.58 bits per heavy atom. The topological polar surface area (TPSA) is 87.7 Å². The van der Waals surface area contributed by atoms with Gasteiger partial charge in [0.1, 0.15) is 10.8 Å². The van der Waals surface area contributed by atoms with E-state index in [1.807, 2.05) is 12.1 Å².